The van der Waals surface area contributed by atoms with Crippen LogP contribution in [-0.2, 0) is 4.74 Å². The molecule has 1 heterocycles. The van der Waals surface area contributed by atoms with Crippen molar-refractivity contribution in [2.45, 2.75) is 6.10 Å². The molecule has 0 saturated carbocycles. The summed E-state index contributed by atoms with van der Waals surface area (Å²) < 4.78 is 18.7. The number of benzene rings is 1. The fraction of sp³-hybridized carbons (Fsp3) is 0.357. The van der Waals surface area contributed by atoms with Gasteiger partial charge in [0.15, 0.2) is 0 Å². The third-order valence-electron chi connectivity index (χ3n) is 2.88. The third-order valence-corrected chi connectivity index (χ3v) is 3.97. The summed E-state index contributed by atoms with van der Waals surface area (Å²) in [6.07, 6.45) is -0.722. The molecule has 1 aromatic heterocycles. The number of carbonyl (C=O) groups is 1. The summed E-state index contributed by atoms with van der Waals surface area (Å²) >= 11 is 1.24. The van der Waals surface area contributed by atoms with E-state index in [2.05, 4.69) is 0 Å². The Hall–Kier alpha value is -1.50. The van der Waals surface area contributed by atoms with E-state index >= 15 is 0 Å². The molecule has 0 spiro atoms. The van der Waals surface area contributed by atoms with Gasteiger partial charge in [-0.05, 0) is 23.6 Å². The molecule has 4 nitrogen and oxygen atoms in total. The van der Waals surface area contributed by atoms with Crippen molar-refractivity contribution in [3.8, 4) is 0 Å². The van der Waals surface area contributed by atoms with Crippen molar-refractivity contribution in [2.75, 3.05) is 27.3 Å². The van der Waals surface area contributed by atoms with E-state index < -0.39 is 6.10 Å². The Bertz CT molecular complexity index is 613. The molecule has 0 saturated heterocycles. The molecule has 1 unspecified atom stereocenters. The maximum Gasteiger partial charge on any atom is 0.263 e. The first kappa shape index (κ1) is 14.9. The molecule has 2 rings (SSSR count). The van der Waals surface area contributed by atoms with Crippen molar-refractivity contribution in [1.29, 1.82) is 0 Å². The molecule has 0 bridgehead atoms. The number of aliphatic hydroxyl groups is 1. The average molecular weight is 297 g/mol. The zero-order valence-electron chi connectivity index (χ0n) is 11.3. The minimum Gasteiger partial charge on any atom is -0.389 e. The molecule has 0 aliphatic rings. The van der Waals surface area contributed by atoms with Crippen molar-refractivity contribution in [3.05, 3.63) is 35.0 Å². The number of nitrogens with zero attached hydrogens (tertiary/aromatic N) is 1. The number of ether oxygens (including phenoxy) is 1. The lowest BCUT2D eigenvalue weighted by Crippen LogP contribution is -2.35. The Morgan fingerprint density at radius 1 is 1.50 bits per heavy atom. The summed E-state index contributed by atoms with van der Waals surface area (Å²) in [4.78, 5) is 14.2. The molecule has 108 valence electrons. The van der Waals surface area contributed by atoms with Gasteiger partial charge in [-0.1, -0.05) is 6.07 Å². The van der Waals surface area contributed by atoms with Crippen LogP contribution in [-0.4, -0.2) is 49.3 Å². The number of carbonyl (C=O) groups excluding carboxylic acids is 1. The molecule has 2 aromatic rings. The molecule has 0 aliphatic heterocycles. The molecule has 0 aliphatic carbocycles. The van der Waals surface area contributed by atoms with Crippen molar-refractivity contribution >= 4 is 27.3 Å². The summed E-state index contributed by atoms with van der Waals surface area (Å²) in [6.45, 7) is 0.366. The normalized spacial score (nSPS) is 12.6. The molecule has 0 radical (unpaired) electrons. The molecule has 6 heteroatoms. The van der Waals surface area contributed by atoms with Gasteiger partial charge in [0.1, 0.15) is 5.82 Å². The molecule has 20 heavy (non-hydrogen) atoms. The smallest absolute Gasteiger partial charge is 0.263 e. The lowest BCUT2D eigenvalue weighted by molar-refractivity contribution is 0.0382. The molecule has 1 aromatic carbocycles. The van der Waals surface area contributed by atoms with Crippen LogP contribution in [0.4, 0.5) is 4.39 Å². The largest absolute Gasteiger partial charge is 0.389 e. The summed E-state index contributed by atoms with van der Waals surface area (Å²) in [7, 11) is 3.11. The molecular formula is C14H16FNO3S. The average Bonchev–Trinajstić information content (AvgIpc) is 2.80. The van der Waals surface area contributed by atoms with Crippen molar-refractivity contribution < 1.29 is 19.0 Å². The number of hydrogen-bond donors (Lipinski definition) is 1. The van der Waals surface area contributed by atoms with Crippen LogP contribution in [0.3, 0.4) is 0 Å². The van der Waals surface area contributed by atoms with Crippen LogP contribution < -0.4 is 0 Å². The SMILES string of the molecule is COCC(O)CN(C)C(=O)c1cc2ccc(F)cc2s1. The summed E-state index contributed by atoms with van der Waals surface area (Å²) in [5.74, 6) is -0.510. The molecular weight excluding hydrogens is 281 g/mol. The second-order valence-corrected chi connectivity index (χ2v) is 5.67. The topological polar surface area (TPSA) is 49.8 Å². The van der Waals surface area contributed by atoms with Crippen molar-refractivity contribution in [3.63, 3.8) is 0 Å². The second kappa shape index (κ2) is 6.30. The first-order chi connectivity index (χ1) is 9.51. The maximum absolute atomic E-state index is 13.1. The van der Waals surface area contributed by atoms with Gasteiger partial charge in [0.2, 0.25) is 0 Å². The number of thiophene rings is 1. The van der Waals surface area contributed by atoms with Gasteiger partial charge in [0.05, 0.1) is 17.6 Å². The minimum atomic E-state index is -0.722. The number of aliphatic hydroxyl groups excluding tert-OH is 1. The van der Waals surface area contributed by atoms with Crippen LogP contribution in [0, 0.1) is 5.82 Å². The van der Waals surface area contributed by atoms with Gasteiger partial charge >= 0.3 is 0 Å². The predicted molar refractivity (Wildman–Crippen MR) is 76.6 cm³/mol. The second-order valence-electron chi connectivity index (χ2n) is 4.59. The first-order valence-electron chi connectivity index (χ1n) is 6.13. The van der Waals surface area contributed by atoms with Crippen molar-refractivity contribution in [2.24, 2.45) is 0 Å². The highest BCUT2D eigenvalue weighted by Gasteiger charge is 2.17. The maximum atomic E-state index is 13.1. The number of amides is 1. The Kier molecular flexibility index (Phi) is 4.69. The van der Waals surface area contributed by atoms with E-state index in [4.69, 9.17) is 4.74 Å². The van der Waals surface area contributed by atoms with Crippen LogP contribution in [0.15, 0.2) is 24.3 Å². The van der Waals surface area contributed by atoms with Gasteiger partial charge in [-0.3, -0.25) is 4.79 Å². The van der Waals surface area contributed by atoms with E-state index in [0.29, 0.717) is 4.88 Å². The van der Waals surface area contributed by atoms with Gasteiger partial charge in [-0.15, -0.1) is 11.3 Å². The molecule has 1 N–H and O–H groups in total. The Balaban J connectivity index is 2.14. The van der Waals surface area contributed by atoms with Crippen LogP contribution in [0.1, 0.15) is 9.67 Å². The fourth-order valence-corrected chi connectivity index (χ4v) is 3.02. The number of fused-ring (bicyclic) bond motifs is 1. The Morgan fingerprint density at radius 3 is 2.95 bits per heavy atom. The first-order valence-corrected chi connectivity index (χ1v) is 6.94. The number of methoxy groups -OCH3 is 1. The van der Waals surface area contributed by atoms with E-state index in [1.165, 1.54) is 35.5 Å². The number of halogens is 1. The number of rotatable bonds is 5. The van der Waals surface area contributed by atoms with E-state index in [9.17, 15) is 14.3 Å². The minimum absolute atomic E-state index is 0.176. The van der Waals surface area contributed by atoms with Gasteiger partial charge < -0.3 is 14.7 Å². The van der Waals surface area contributed by atoms with E-state index in [1.54, 1.807) is 19.2 Å². The zero-order valence-corrected chi connectivity index (χ0v) is 12.1. The quantitative estimate of drug-likeness (QED) is 0.919. The van der Waals surface area contributed by atoms with Gasteiger partial charge in [-0.2, -0.15) is 0 Å². The molecule has 0 fully saturated rings. The Morgan fingerprint density at radius 2 is 2.25 bits per heavy atom. The van der Waals surface area contributed by atoms with E-state index in [1.807, 2.05) is 0 Å². The lowest BCUT2D eigenvalue weighted by atomic mass is 10.2. The van der Waals surface area contributed by atoms with Crippen molar-refractivity contribution in [1.82, 2.24) is 4.90 Å². The molecule has 1 amide bonds. The van der Waals surface area contributed by atoms with Crippen LogP contribution in [0.2, 0.25) is 0 Å². The number of likely N-dealkylation sites (N-methyl/N-ethyl adjacent to an activating group) is 1. The lowest BCUT2D eigenvalue weighted by Gasteiger charge is -2.19. The summed E-state index contributed by atoms with van der Waals surface area (Å²) in [5.41, 5.74) is 0. The van der Waals surface area contributed by atoms with Crippen LogP contribution >= 0.6 is 11.3 Å². The van der Waals surface area contributed by atoms with Crippen LogP contribution in [0.5, 0.6) is 0 Å². The predicted octanol–water partition coefficient (Wildman–Crippen LogP) is 2.12. The van der Waals surface area contributed by atoms with Crippen LogP contribution in [0.25, 0.3) is 10.1 Å². The highest BCUT2D eigenvalue weighted by molar-refractivity contribution is 7.20. The molecule has 1 atom stereocenters. The monoisotopic (exact) mass is 297 g/mol. The zero-order chi connectivity index (χ0) is 14.7. The third kappa shape index (κ3) is 3.33. The summed E-state index contributed by atoms with van der Waals surface area (Å²) in [5, 5.41) is 10.5. The number of hydrogen-bond acceptors (Lipinski definition) is 4. The van der Waals surface area contributed by atoms with E-state index in [0.717, 1.165) is 10.1 Å². The van der Waals surface area contributed by atoms with Gasteiger partial charge in [-0.25, -0.2) is 4.39 Å². The fourth-order valence-electron chi connectivity index (χ4n) is 1.94. The van der Waals surface area contributed by atoms with E-state index in [-0.39, 0.29) is 24.9 Å². The highest BCUT2D eigenvalue weighted by Crippen LogP contribution is 2.27. The van der Waals surface area contributed by atoms with Gasteiger partial charge in [0, 0.05) is 25.4 Å². The highest BCUT2D eigenvalue weighted by atomic mass is 32.1. The Labute approximate surface area is 120 Å². The van der Waals surface area contributed by atoms with Gasteiger partial charge in [0.25, 0.3) is 5.91 Å². The standard InChI is InChI=1S/C14H16FNO3S/c1-16(7-11(17)8-19-2)14(18)13-5-9-3-4-10(15)6-12(9)20-13/h3-6,11,17H,7-8H2,1-2H3. The summed E-state index contributed by atoms with van der Waals surface area (Å²) in [6, 6.07) is 6.17.